The maximum Gasteiger partial charge on any atom is 0.313 e. The third-order valence-electron chi connectivity index (χ3n) is 5.40. The molecule has 1 atom stereocenters. The van der Waals surface area contributed by atoms with E-state index in [9.17, 15) is 4.79 Å². The Balaban J connectivity index is 1.84. The van der Waals surface area contributed by atoms with Gasteiger partial charge in [-0.3, -0.25) is 14.4 Å². The average molecular weight is 390 g/mol. The summed E-state index contributed by atoms with van der Waals surface area (Å²) in [5.74, 6) is -0.0902. The number of hydrogen-bond acceptors (Lipinski definition) is 4. The summed E-state index contributed by atoms with van der Waals surface area (Å²) in [4.78, 5) is 15.3. The van der Waals surface area contributed by atoms with Crippen LogP contribution in [0.5, 0.6) is 0 Å². The summed E-state index contributed by atoms with van der Waals surface area (Å²) in [6.45, 7) is 6.57. The van der Waals surface area contributed by atoms with E-state index in [4.69, 9.17) is 16.3 Å². The van der Waals surface area contributed by atoms with Crippen molar-refractivity contribution in [2.24, 2.45) is 12.5 Å². The molecule has 1 fully saturated rings. The second kappa shape index (κ2) is 8.44. The smallest absolute Gasteiger partial charge is 0.313 e. The van der Waals surface area contributed by atoms with E-state index in [2.05, 4.69) is 22.1 Å². The first kappa shape index (κ1) is 19.9. The van der Waals surface area contributed by atoms with Crippen LogP contribution in [-0.2, 0) is 29.5 Å². The molecule has 5 nitrogen and oxygen atoms in total. The number of aromatic nitrogens is 2. The van der Waals surface area contributed by atoms with Gasteiger partial charge in [0.1, 0.15) is 5.15 Å². The largest absolute Gasteiger partial charge is 0.466 e. The Morgan fingerprint density at radius 3 is 2.70 bits per heavy atom. The molecule has 2 heterocycles. The Morgan fingerprint density at radius 2 is 2.07 bits per heavy atom. The summed E-state index contributed by atoms with van der Waals surface area (Å²) in [6, 6.07) is 10.2. The first-order valence-electron chi connectivity index (χ1n) is 9.56. The fourth-order valence-electron chi connectivity index (χ4n) is 4.09. The zero-order valence-corrected chi connectivity index (χ0v) is 17.1. The van der Waals surface area contributed by atoms with Gasteiger partial charge in [-0.05, 0) is 45.2 Å². The molecule has 1 aliphatic rings. The van der Waals surface area contributed by atoms with E-state index in [1.807, 2.05) is 39.1 Å². The zero-order valence-electron chi connectivity index (χ0n) is 16.4. The maximum atomic E-state index is 13.0. The Bertz CT molecular complexity index is 790. The summed E-state index contributed by atoms with van der Waals surface area (Å²) in [5.41, 5.74) is 2.64. The highest BCUT2D eigenvalue weighted by Crippen LogP contribution is 2.36. The molecule has 146 valence electrons. The third kappa shape index (κ3) is 4.36. The van der Waals surface area contributed by atoms with Crippen LogP contribution in [0.4, 0.5) is 0 Å². The van der Waals surface area contributed by atoms with Crippen molar-refractivity contribution in [2.75, 3.05) is 19.7 Å². The highest BCUT2D eigenvalue weighted by atomic mass is 35.5. The number of ether oxygens (including phenoxy) is 1. The number of hydrogen-bond donors (Lipinski definition) is 0. The molecule has 0 aliphatic carbocycles. The standard InChI is InChI=1S/C21H28ClN3O2/c1-4-27-20(26)21(13-17-9-6-5-7-10-17)11-8-12-25(15-21)14-18-16(2)23-24(3)19(18)22/h5-7,9-10H,4,8,11-15H2,1-3H3. The van der Waals surface area contributed by atoms with Gasteiger partial charge in [0, 0.05) is 25.7 Å². The highest BCUT2D eigenvalue weighted by Gasteiger charge is 2.43. The van der Waals surface area contributed by atoms with Crippen LogP contribution in [0.3, 0.4) is 0 Å². The van der Waals surface area contributed by atoms with Gasteiger partial charge in [0.25, 0.3) is 0 Å². The van der Waals surface area contributed by atoms with Crippen LogP contribution in [-0.4, -0.2) is 40.3 Å². The van der Waals surface area contributed by atoms with E-state index in [0.29, 0.717) is 31.3 Å². The molecule has 27 heavy (non-hydrogen) atoms. The molecule has 0 amide bonds. The Morgan fingerprint density at radius 1 is 1.33 bits per heavy atom. The van der Waals surface area contributed by atoms with Crippen LogP contribution in [0.1, 0.15) is 36.6 Å². The molecule has 1 saturated heterocycles. The predicted octanol–water partition coefficient (Wildman–Crippen LogP) is 3.77. The van der Waals surface area contributed by atoms with Crippen LogP contribution in [0.15, 0.2) is 30.3 Å². The third-order valence-corrected chi connectivity index (χ3v) is 5.87. The van der Waals surface area contributed by atoms with Gasteiger partial charge < -0.3 is 4.74 Å². The van der Waals surface area contributed by atoms with Crippen LogP contribution in [0, 0.1) is 12.3 Å². The van der Waals surface area contributed by atoms with Gasteiger partial charge in [-0.25, -0.2) is 0 Å². The maximum absolute atomic E-state index is 13.0. The SMILES string of the molecule is CCOC(=O)C1(Cc2ccccc2)CCCN(Cc2c(C)nn(C)c2Cl)C1. The minimum Gasteiger partial charge on any atom is -0.466 e. The van der Waals surface area contributed by atoms with Crippen molar-refractivity contribution in [2.45, 2.75) is 39.7 Å². The van der Waals surface area contributed by atoms with Crippen molar-refractivity contribution >= 4 is 17.6 Å². The number of aryl methyl sites for hydroxylation is 2. The Hall–Kier alpha value is -1.85. The molecule has 0 bridgehead atoms. The number of halogens is 1. The summed E-state index contributed by atoms with van der Waals surface area (Å²) in [7, 11) is 1.85. The van der Waals surface area contributed by atoms with E-state index in [1.54, 1.807) is 4.68 Å². The minimum atomic E-state index is -0.516. The molecule has 3 rings (SSSR count). The minimum absolute atomic E-state index is 0.0902. The lowest BCUT2D eigenvalue weighted by Gasteiger charge is -2.41. The lowest BCUT2D eigenvalue weighted by molar-refractivity contribution is -0.159. The van der Waals surface area contributed by atoms with E-state index in [-0.39, 0.29) is 5.97 Å². The normalized spacial score (nSPS) is 20.6. The molecule has 1 aromatic heterocycles. The number of rotatable bonds is 6. The molecule has 1 aromatic carbocycles. The number of benzene rings is 1. The summed E-state index contributed by atoms with van der Waals surface area (Å²) >= 11 is 6.43. The summed E-state index contributed by atoms with van der Waals surface area (Å²) < 4.78 is 7.21. The number of esters is 1. The molecule has 1 aliphatic heterocycles. The molecule has 0 spiro atoms. The highest BCUT2D eigenvalue weighted by molar-refractivity contribution is 6.30. The van der Waals surface area contributed by atoms with Gasteiger partial charge in [-0.1, -0.05) is 41.9 Å². The molecule has 2 aromatic rings. The molecule has 0 radical (unpaired) electrons. The molecular weight excluding hydrogens is 362 g/mol. The van der Waals surface area contributed by atoms with E-state index in [1.165, 1.54) is 5.56 Å². The molecule has 6 heteroatoms. The summed E-state index contributed by atoms with van der Waals surface area (Å²) in [5, 5.41) is 5.08. The molecule has 0 saturated carbocycles. The Kier molecular flexibility index (Phi) is 6.22. The first-order chi connectivity index (χ1) is 12.9. The quantitative estimate of drug-likeness (QED) is 0.705. The van der Waals surface area contributed by atoms with Crippen LogP contribution >= 0.6 is 11.6 Å². The fourth-order valence-corrected chi connectivity index (χ4v) is 4.33. The van der Waals surface area contributed by atoms with Crippen molar-refractivity contribution in [3.63, 3.8) is 0 Å². The number of nitrogens with zero attached hydrogens (tertiary/aromatic N) is 3. The predicted molar refractivity (Wildman–Crippen MR) is 107 cm³/mol. The number of carbonyl (C=O) groups is 1. The van der Waals surface area contributed by atoms with Crippen molar-refractivity contribution < 1.29 is 9.53 Å². The topological polar surface area (TPSA) is 47.4 Å². The first-order valence-corrected chi connectivity index (χ1v) is 9.94. The number of piperidine rings is 1. The van der Waals surface area contributed by atoms with Crippen molar-refractivity contribution in [1.29, 1.82) is 0 Å². The molecular formula is C21H28ClN3O2. The number of likely N-dealkylation sites (tertiary alicyclic amines) is 1. The van der Waals surface area contributed by atoms with Gasteiger partial charge in [-0.15, -0.1) is 0 Å². The van der Waals surface area contributed by atoms with Crippen molar-refractivity contribution in [3.8, 4) is 0 Å². The van der Waals surface area contributed by atoms with Gasteiger partial charge in [0.15, 0.2) is 0 Å². The van der Waals surface area contributed by atoms with Gasteiger partial charge in [0.2, 0.25) is 0 Å². The van der Waals surface area contributed by atoms with E-state index < -0.39 is 5.41 Å². The Labute approximate surface area is 166 Å². The summed E-state index contributed by atoms with van der Waals surface area (Å²) in [6.07, 6.45) is 2.50. The van der Waals surface area contributed by atoms with E-state index in [0.717, 1.165) is 30.6 Å². The molecule has 0 N–H and O–H groups in total. The van der Waals surface area contributed by atoms with Crippen LogP contribution < -0.4 is 0 Å². The van der Waals surface area contributed by atoms with Crippen molar-refractivity contribution in [3.05, 3.63) is 52.3 Å². The number of carbonyl (C=O) groups excluding carboxylic acids is 1. The van der Waals surface area contributed by atoms with Crippen LogP contribution in [0.2, 0.25) is 5.15 Å². The van der Waals surface area contributed by atoms with Crippen molar-refractivity contribution in [1.82, 2.24) is 14.7 Å². The average Bonchev–Trinajstić information content (AvgIpc) is 2.89. The van der Waals surface area contributed by atoms with Crippen LogP contribution in [0.25, 0.3) is 0 Å². The second-order valence-corrected chi connectivity index (χ2v) is 7.81. The lowest BCUT2D eigenvalue weighted by Crippen LogP contribution is -2.49. The van der Waals surface area contributed by atoms with Gasteiger partial charge >= 0.3 is 5.97 Å². The fraction of sp³-hybridized carbons (Fsp3) is 0.524. The lowest BCUT2D eigenvalue weighted by atomic mass is 9.75. The molecule has 1 unspecified atom stereocenters. The van der Waals surface area contributed by atoms with Gasteiger partial charge in [-0.2, -0.15) is 5.10 Å². The monoisotopic (exact) mass is 389 g/mol. The van der Waals surface area contributed by atoms with Gasteiger partial charge in [0.05, 0.1) is 17.7 Å². The van der Waals surface area contributed by atoms with E-state index >= 15 is 0 Å². The zero-order chi connectivity index (χ0) is 19.4. The second-order valence-electron chi connectivity index (χ2n) is 7.46.